The van der Waals surface area contributed by atoms with Gasteiger partial charge >= 0.3 is 0 Å². The molecule has 2 aromatic heterocycles. The van der Waals surface area contributed by atoms with Crippen molar-refractivity contribution >= 4 is 0 Å². The van der Waals surface area contributed by atoms with Crippen molar-refractivity contribution in [1.29, 1.82) is 0 Å². The molecule has 3 aromatic rings. The number of likely N-dealkylation sites (tertiary alicyclic amines) is 1. The average molecular weight is 322 g/mol. The molecule has 0 N–H and O–H groups in total. The van der Waals surface area contributed by atoms with E-state index in [2.05, 4.69) is 40.2 Å². The number of rotatable bonds is 4. The fourth-order valence-electron chi connectivity index (χ4n) is 3.49. The lowest BCUT2D eigenvalue weighted by Crippen LogP contribution is -2.34. The Morgan fingerprint density at radius 3 is 2.88 bits per heavy atom. The van der Waals surface area contributed by atoms with E-state index in [1.807, 2.05) is 13.0 Å². The lowest BCUT2D eigenvalue weighted by molar-refractivity contribution is 0.197. The number of piperidine rings is 1. The minimum absolute atomic E-state index is 0.612. The molecule has 3 heterocycles. The molecule has 1 atom stereocenters. The Morgan fingerprint density at radius 2 is 2.08 bits per heavy atom. The highest BCUT2D eigenvalue weighted by atomic mass is 16.4. The molecule has 0 unspecified atom stereocenters. The Bertz CT molecular complexity index is 777. The van der Waals surface area contributed by atoms with Crippen LogP contribution in [0.1, 0.15) is 35.8 Å². The smallest absolute Gasteiger partial charge is 0.229 e. The molecule has 4 nitrogen and oxygen atoms in total. The van der Waals surface area contributed by atoms with Crippen LogP contribution in [0.2, 0.25) is 0 Å². The van der Waals surface area contributed by atoms with Gasteiger partial charge in [0.1, 0.15) is 12.0 Å². The van der Waals surface area contributed by atoms with Crippen LogP contribution in [0.4, 0.5) is 0 Å². The molecule has 1 aliphatic rings. The number of hydrogen-bond donors (Lipinski definition) is 0. The largest absolute Gasteiger partial charge is 0.472 e. The first-order valence-corrected chi connectivity index (χ1v) is 8.56. The van der Waals surface area contributed by atoms with Gasteiger partial charge < -0.3 is 8.83 Å². The van der Waals surface area contributed by atoms with Crippen LogP contribution in [-0.2, 0) is 6.54 Å². The highest BCUT2D eigenvalue weighted by Crippen LogP contribution is 2.29. The summed E-state index contributed by atoms with van der Waals surface area (Å²) < 4.78 is 10.9. The lowest BCUT2D eigenvalue weighted by Gasteiger charge is -2.32. The first-order valence-electron chi connectivity index (χ1n) is 8.56. The quantitative estimate of drug-likeness (QED) is 0.703. The third-order valence-electron chi connectivity index (χ3n) is 4.81. The predicted octanol–water partition coefficient (Wildman–Crippen LogP) is 4.62. The van der Waals surface area contributed by atoms with Gasteiger partial charge in [0.05, 0.1) is 17.5 Å². The van der Waals surface area contributed by atoms with Gasteiger partial charge in [-0.3, -0.25) is 4.90 Å². The maximum atomic E-state index is 5.81. The van der Waals surface area contributed by atoms with Gasteiger partial charge in [0, 0.05) is 13.1 Å². The van der Waals surface area contributed by atoms with Gasteiger partial charge in [-0.1, -0.05) is 30.3 Å². The fourth-order valence-corrected chi connectivity index (χ4v) is 3.49. The average Bonchev–Trinajstić information content (AvgIpc) is 3.27. The summed E-state index contributed by atoms with van der Waals surface area (Å²) in [5, 5.41) is 0. The maximum Gasteiger partial charge on any atom is 0.229 e. The van der Waals surface area contributed by atoms with E-state index in [1.165, 1.54) is 18.4 Å². The van der Waals surface area contributed by atoms with E-state index in [0.29, 0.717) is 11.8 Å². The van der Waals surface area contributed by atoms with Crippen molar-refractivity contribution in [3.05, 3.63) is 65.9 Å². The normalized spacial score (nSPS) is 18.8. The molecule has 1 saturated heterocycles. The third kappa shape index (κ3) is 3.15. The Kier molecular flexibility index (Phi) is 4.22. The van der Waals surface area contributed by atoms with Gasteiger partial charge in [-0.15, -0.1) is 0 Å². The Balaban J connectivity index is 1.47. The van der Waals surface area contributed by atoms with Crippen LogP contribution in [0.3, 0.4) is 0 Å². The summed E-state index contributed by atoms with van der Waals surface area (Å²) in [5.41, 5.74) is 3.36. The van der Waals surface area contributed by atoms with Crippen molar-refractivity contribution < 1.29 is 8.83 Å². The van der Waals surface area contributed by atoms with E-state index in [9.17, 15) is 0 Å². The van der Waals surface area contributed by atoms with Crippen LogP contribution in [-0.4, -0.2) is 23.0 Å². The van der Waals surface area contributed by atoms with E-state index in [0.717, 1.165) is 36.7 Å². The van der Waals surface area contributed by atoms with Gasteiger partial charge in [0.25, 0.3) is 0 Å². The summed E-state index contributed by atoms with van der Waals surface area (Å²) in [7, 11) is 0. The predicted molar refractivity (Wildman–Crippen MR) is 92.6 cm³/mol. The molecule has 4 heteroatoms. The molecular formula is C20H22N2O2. The number of oxazole rings is 1. The minimum atomic E-state index is 0.612. The topological polar surface area (TPSA) is 42.4 Å². The van der Waals surface area contributed by atoms with Crippen molar-refractivity contribution in [1.82, 2.24) is 9.88 Å². The van der Waals surface area contributed by atoms with Crippen LogP contribution in [0.15, 0.2) is 57.8 Å². The van der Waals surface area contributed by atoms with E-state index in [4.69, 9.17) is 8.83 Å². The number of hydrogen-bond acceptors (Lipinski definition) is 4. The van der Waals surface area contributed by atoms with Crippen LogP contribution in [0.5, 0.6) is 0 Å². The SMILES string of the molecule is Cc1oc(-c2ccoc2)nc1CN1CCC[C@@H](c2ccccc2)C1. The number of nitrogens with zero attached hydrogens (tertiary/aromatic N) is 2. The summed E-state index contributed by atoms with van der Waals surface area (Å²) in [5.74, 6) is 2.15. The number of furan rings is 1. The van der Waals surface area contributed by atoms with Gasteiger partial charge in [-0.2, -0.15) is 0 Å². The Morgan fingerprint density at radius 1 is 1.21 bits per heavy atom. The first-order chi connectivity index (χ1) is 11.8. The highest BCUT2D eigenvalue weighted by molar-refractivity contribution is 5.51. The molecule has 0 bridgehead atoms. The number of aryl methyl sites for hydroxylation is 1. The zero-order valence-corrected chi connectivity index (χ0v) is 13.9. The monoisotopic (exact) mass is 322 g/mol. The zero-order chi connectivity index (χ0) is 16.4. The summed E-state index contributed by atoms with van der Waals surface area (Å²) in [6.07, 6.45) is 5.80. The molecule has 0 radical (unpaired) electrons. The lowest BCUT2D eigenvalue weighted by atomic mass is 9.90. The van der Waals surface area contributed by atoms with Crippen molar-refractivity contribution in [2.24, 2.45) is 0 Å². The third-order valence-corrected chi connectivity index (χ3v) is 4.81. The standard InChI is InChI=1S/C20H22N2O2/c1-15-19(21-20(24-15)18-9-11-23-14-18)13-22-10-5-8-17(12-22)16-6-3-2-4-7-16/h2-4,6-7,9,11,14,17H,5,8,10,12-13H2,1H3/t17-/m1/s1. The molecular weight excluding hydrogens is 300 g/mol. The molecule has 4 rings (SSSR count). The number of benzene rings is 1. The molecule has 1 aromatic carbocycles. The summed E-state index contributed by atoms with van der Waals surface area (Å²) in [4.78, 5) is 7.17. The van der Waals surface area contributed by atoms with Crippen molar-refractivity contribution in [2.75, 3.05) is 13.1 Å². The molecule has 1 aliphatic heterocycles. The number of aromatic nitrogens is 1. The molecule has 0 spiro atoms. The Labute approximate surface area is 142 Å². The van der Waals surface area contributed by atoms with Crippen LogP contribution < -0.4 is 0 Å². The molecule has 124 valence electrons. The van der Waals surface area contributed by atoms with Crippen molar-refractivity contribution in [3.63, 3.8) is 0 Å². The summed E-state index contributed by atoms with van der Waals surface area (Å²) >= 11 is 0. The van der Waals surface area contributed by atoms with Crippen LogP contribution >= 0.6 is 0 Å². The maximum absolute atomic E-state index is 5.81. The fraction of sp³-hybridized carbons (Fsp3) is 0.350. The summed E-state index contributed by atoms with van der Waals surface area (Å²) in [6.45, 7) is 5.04. The Hall–Kier alpha value is -2.33. The van der Waals surface area contributed by atoms with E-state index in [1.54, 1.807) is 12.5 Å². The molecule has 24 heavy (non-hydrogen) atoms. The van der Waals surface area contributed by atoms with Gasteiger partial charge in [-0.25, -0.2) is 4.98 Å². The zero-order valence-electron chi connectivity index (χ0n) is 13.9. The van der Waals surface area contributed by atoms with Crippen LogP contribution in [0, 0.1) is 6.92 Å². The van der Waals surface area contributed by atoms with Crippen molar-refractivity contribution in [2.45, 2.75) is 32.2 Å². The molecule has 0 amide bonds. The van der Waals surface area contributed by atoms with Crippen LogP contribution in [0.25, 0.3) is 11.5 Å². The van der Waals surface area contributed by atoms with E-state index < -0.39 is 0 Å². The van der Waals surface area contributed by atoms with E-state index in [-0.39, 0.29) is 0 Å². The minimum Gasteiger partial charge on any atom is -0.472 e. The highest BCUT2D eigenvalue weighted by Gasteiger charge is 2.23. The molecule has 0 aliphatic carbocycles. The van der Waals surface area contributed by atoms with Gasteiger partial charge in [-0.05, 0) is 43.9 Å². The first kappa shape index (κ1) is 15.2. The van der Waals surface area contributed by atoms with Gasteiger partial charge in [0.15, 0.2) is 0 Å². The molecule has 1 fully saturated rings. The van der Waals surface area contributed by atoms with E-state index >= 15 is 0 Å². The molecule has 0 saturated carbocycles. The second-order valence-electron chi connectivity index (χ2n) is 6.52. The second kappa shape index (κ2) is 6.65. The second-order valence-corrected chi connectivity index (χ2v) is 6.52. The summed E-state index contributed by atoms with van der Waals surface area (Å²) in [6, 6.07) is 12.7. The van der Waals surface area contributed by atoms with Crippen molar-refractivity contribution in [3.8, 4) is 11.5 Å². The van der Waals surface area contributed by atoms with Gasteiger partial charge in [0.2, 0.25) is 5.89 Å².